The Morgan fingerprint density at radius 1 is 1.70 bits per heavy atom. The Bertz CT molecular complexity index is 213. The number of aliphatic hydroxyl groups excluding tert-OH is 1. The van der Waals surface area contributed by atoms with Gasteiger partial charge in [0.1, 0.15) is 6.73 Å². The quantitative estimate of drug-likeness (QED) is 0.593. The molecular formula is C7H10N2O. The molecule has 0 bridgehead atoms. The van der Waals surface area contributed by atoms with Gasteiger partial charge in [-0.3, -0.25) is 4.98 Å². The van der Waals surface area contributed by atoms with E-state index < -0.39 is 0 Å². The van der Waals surface area contributed by atoms with E-state index in [1.807, 2.05) is 19.1 Å². The molecule has 0 unspecified atom stereocenters. The molecule has 2 N–H and O–H groups in total. The van der Waals surface area contributed by atoms with Gasteiger partial charge in [-0.15, -0.1) is 0 Å². The van der Waals surface area contributed by atoms with Gasteiger partial charge in [0.25, 0.3) is 0 Å². The van der Waals surface area contributed by atoms with Gasteiger partial charge in [0.05, 0.1) is 11.4 Å². The monoisotopic (exact) mass is 138 g/mol. The van der Waals surface area contributed by atoms with E-state index >= 15 is 0 Å². The number of aryl methyl sites for hydroxylation is 1. The van der Waals surface area contributed by atoms with Crippen molar-refractivity contribution in [1.29, 1.82) is 0 Å². The van der Waals surface area contributed by atoms with Crippen molar-refractivity contribution in [2.45, 2.75) is 6.92 Å². The molecule has 1 rings (SSSR count). The molecule has 0 aliphatic rings. The zero-order chi connectivity index (χ0) is 7.40. The van der Waals surface area contributed by atoms with E-state index in [0.29, 0.717) is 0 Å². The molecule has 0 atom stereocenters. The van der Waals surface area contributed by atoms with E-state index in [-0.39, 0.29) is 6.73 Å². The molecule has 0 aliphatic heterocycles. The number of anilines is 1. The number of nitrogens with one attached hydrogen (secondary N) is 1. The molecule has 0 radical (unpaired) electrons. The van der Waals surface area contributed by atoms with Crippen LogP contribution in [0.25, 0.3) is 0 Å². The Balaban J connectivity index is 2.81. The maximum Gasteiger partial charge on any atom is 0.113 e. The summed E-state index contributed by atoms with van der Waals surface area (Å²) in [6.07, 6.45) is 1.72. The Morgan fingerprint density at radius 3 is 3.10 bits per heavy atom. The summed E-state index contributed by atoms with van der Waals surface area (Å²) >= 11 is 0. The van der Waals surface area contributed by atoms with Crippen molar-refractivity contribution in [3.8, 4) is 0 Å². The second-order valence-electron chi connectivity index (χ2n) is 1.97. The van der Waals surface area contributed by atoms with Crippen LogP contribution in [-0.2, 0) is 0 Å². The molecule has 1 heterocycles. The van der Waals surface area contributed by atoms with Crippen LogP contribution in [0.1, 0.15) is 5.69 Å². The van der Waals surface area contributed by atoms with E-state index in [2.05, 4.69) is 10.3 Å². The summed E-state index contributed by atoms with van der Waals surface area (Å²) in [5.41, 5.74) is 1.78. The highest BCUT2D eigenvalue weighted by atomic mass is 16.3. The minimum absolute atomic E-state index is 0.0491. The van der Waals surface area contributed by atoms with Crippen LogP contribution in [0.15, 0.2) is 18.3 Å². The van der Waals surface area contributed by atoms with Gasteiger partial charge in [-0.2, -0.15) is 0 Å². The van der Waals surface area contributed by atoms with Crippen molar-refractivity contribution in [2.75, 3.05) is 12.0 Å². The molecule has 0 aromatic carbocycles. The Kier molecular flexibility index (Phi) is 2.23. The minimum atomic E-state index is -0.0491. The third-order valence-corrected chi connectivity index (χ3v) is 1.28. The van der Waals surface area contributed by atoms with Gasteiger partial charge in [0, 0.05) is 6.20 Å². The van der Waals surface area contributed by atoms with Gasteiger partial charge in [0.15, 0.2) is 0 Å². The lowest BCUT2D eigenvalue weighted by Crippen LogP contribution is -2.01. The molecule has 1 aromatic heterocycles. The van der Waals surface area contributed by atoms with Gasteiger partial charge in [0.2, 0.25) is 0 Å². The van der Waals surface area contributed by atoms with E-state index in [1.165, 1.54) is 0 Å². The number of pyridine rings is 1. The Morgan fingerprint density at radius 2 is 2.50 bits per heavy atom. The van der Waals surface area contributed by atoms with Crippen LogP contribution in [-0.4, -0.2) is 16.8 Å². The van der Waals surface area contributed by atoms with Gasteiger partial charge in [-0.25, -0.2) is 0 Å². The van der Waals surface area contributed by atoms with E-state index in [1.54, 1.807) is 6.20 Å². The second kappa shape index (κ2) is 3.17. The molecule has 0 saturated heterocycles. The number of aromatic nitrogens is 1. The van der Waals surface area contributed by atoms with Crippen LogP contribution in [0, 0.1) is 6.92 Å². The van der Waals surface area contributed by atoms with Crippen molar-refractivity contribution < 1.29 is 5.11 Å². The van der Waals surface area contributed by atoms with E-state index in [0.717, 1.165) is 11.4 Å². The molecule has 0 fully saturated rings. The lowest BCUT2D eigenvalue weighted by Gasteiger charge is -2.03. The molecule has 10 heavy (non-hydrogen) atoms. The molecule has 0 aliphatic carbocycles. The molecule has 1 aromatic rings. The summed E-state index contributed by atoms with van der Waals surface area (Å²) in [5.74, 6) is 0. The van der Waals surface area contributed by atoms with Crippen LogP contribution in [0.2, 0.25) is 0 Å². The fourth-order valence-corrected chi connectivity index (χ4v) is 0.756. The number of rotatable bonds is 2. The van der Waals surface area contributed by atoms with Crippen LogP contribution < -0.4 is 5.32 Å². The van der Waals surface area contributed by atoms with Crippen LogP contribution in [0.3, 0.4) is 0 Å². The van der Waals surface area contributed by atoms with E-state index in [4.69, 9.17) is 5.11 Å². The summed E-state index contributed by atoms with van der Waals surface area (Å²) < 4.78 is 0. The van der Waals surface area contributed by atoms with Gasteiger partial charge >= 0.3 is 0 Å². The first-order chi connectivity index (χ1) is 4.84. The first-order valence-electron chi connectivity index (χ1n) is 3.11. The van der Waals surface area contributed by atoms with Crippen molar-refractivity contribution in [3.05, 3.63) is 24.0 Å². The van der Waals surface area contributed by atoms with Crippen LogP contribution in [0.5, 0.6) is 0 Å². The summed E-state index contributed by atoms with van der Waals surface area (Å²) in [6.45, 7) is 1.84. The smallest absolute Gasteiger partial charge is 0.113 e. The average molecular weight is 138 g/mol. The summed E-state index contributed by atoms with van der Waals surface area (Å²) in [7, 11) is 0. The highest BCUT2D eigenvalue weighted by Crippen LogP contribution is 2.08. The van der Waals surface area contributed by atoms with Gasteiger partial charge in [-0.1, -0.05) is 0 Å². The number of hydrogen-bond donors (Lipinski definition) is 2. The lowest BCUT2D eigenvalue weighted by atomic mass is 10.3. The molecule has 0 spiro atoms. The summed E-state index contributed by atoms with van der Waals surface area (Å²) in [4.78, 5) is 4.02. The summed E-state index contributed by atoms with van der Waals surface area (Å²) in [6, 6.07) is 3.70. The first kappa shape index (κ1) is 7.02. The molecule has 54 valence electrons. The predicted octanol–water partition coefficient (Wildman–Crippen LogP) is 0.752. The van der Waals surface area contributed by atoms with Crippen molar-refractivity contribution in [3.63, 3.8) is 0 Å². The standard InChI is InChI=1S/C7H10N2O/c1-6-7(9-5-10)3-2-4-8-6/h2-4,9-10H,5H2,1H3. The number of nitrogens with zero attached hydrogens (tertiary/aromatic N) is 1. The zero-order valence-electron chi connectivity index (χ0n) is 5.83. The fourth-order valence-electron chi connectivity index (χ4n) is 0.756. The SMILES string of the molecule is Cc1ncccc1NCO. The molecule has 3 nitrogen and oxygen atoms in total. The largest absolute Gasteiger partial charge is 0.377 e. The molecule has 0 saturated carbocycles. The third kappa shape index (κ3) is 1.45. The van der Waals surface area contributed by atoms with Crippen molar-refractivity contribution >= 4 is 5.69 Å². The van der Waals surface area contributed by atoms with Gasteiger partial charge in [-0.05, 0) is 19.1 Å². The highest BCUT2D eigenvalue weighted by molar-refractivity contribution is 5.45. The first-order valence-corrected chi connectivity index (χ1v) is 3.11. The maximum atomic E-state index is 8.51. The normalized spacial score (nSPS) is 9.40. The Labute approximate surface area is 59.7 Å². The average Bonchev–Trinajstić information content (AvgIpc) is 1.94. The number of hydrogen-bond acceptors (Lipinski definition) is 3. The van der Waals surface area contributed by atoms with Crippen molar-refractivity contribution in [2.24, 2.45) is 0 Å². The van der Waals surface area contributed by atoms with Crippen LogP contribution >= 0.6 is 0 Å². The maximum absolute atomic E-state index is 8.51. The van der Waals surface area contributed by atoms with Gasteiger partial charge < -0.3 is 10.4 Å². The second-order valence-corrected chi connectivity index (χ2v) is 1.97. The molecular weight excluding hydrogens is 128 g/mol. The van der Waals surface area contributed by atoms with Crippen molar-refractivity contribution in [1.82, 2.24) is 4.98 Å². The third-order valence-electron chi connectivity index (χ3n) is 1.28. The topological polar surface area (TPSA) is 45.2 Å². The predicted molar refractivity (Wildman–Crippen MR) is 39.7 cm³/mol. The highest BCUT2D eigenvalue weighted by Gasteiger charge is 1.92. The Hall–Kier alpha value is -1.09. The number of aliphatic hydroxyl groups is 1. The molecule has 3 heteroatoms. The zero-order valence-corrected chi connectivity index (χ0v) is 5.83. The molecule has 0 amide bonds. The fraction of sp³-hybridized carbons (Fsp3) is 0.286. The van der Waals surface area contributed by atoms with E-state index in [9.17, 15) is 0 Å². The van der Waals surface area contributed by atoms with Crippen LogP contribution in [0.4, 0.5) is 5.69 Å². The lowest BCUT2D eigenvalue weighted by molar-refractivity contribution is 0.325. The minimum Gasteiger partial charge on any atom is -0.377 e. The summed E-state index contributed by atoms with van der Waals surface area (Å²) in [5, 5.41) is 11.3.